The van der Waals surface area contributed by atoms with Gasteiger partial charge >= 0.3 is 5.97 Å². The molecule has 1 aliphatic carbocycles. The molecule has 3 rings (SSSR count). The highest BCUT2D eigenvalue weighted by Gasteiger charge is 2.34. The number of hydrogen-bond acceptors (Lipinski definition) is 2. The summed E-state index contributed by atoms with van der Waals surface area (Å²) >= 11 is 0. The molecule has 1 heterocycles. The Kier molecular flexibility index (Phi) is 3.08. The van der Waals surface area contributed by atoms with Crippen LogP contribution in [0.5, 0.6) is 0 Å². The number of fused-ring (bicyclic) bond motifs is 1. The highest BCUT2D eigenvalue weighted by molar-refractivity contribution is 5.76. The van der Waals surface area contributed by atoms with Crippen LogP contribution in [-0.2, 0) is 11.2 Å². The Morgan fingerprint density at radius 2 is 2.11 bits per heavy atom. The smallest absolute Gasteiger partial charge is 0.325 e. The van der Waals surface area contributed by atoms with Gasteiger partial charge in [0.05, 0.1) is 0 Å². The van der Waals surface area contributed by atoms with Gasteiger partial charge in [-0.1, -0.05) is 30.7 Å². The van der Waals surface area contributed by atoms with Crippen molar-refractivity contribution in [3.8, 4) is 0 Å². The van der Waals surface area contributed by atoms with Crippen LogP contribution in [-0.4, -0.2) is 29.1 Å². The van der Waals surface area contributed by atoms with E-state index in [9.17, 15) is 9.90 Å². The van der Waals surface area contributed by atoms with E-state index in [4.69, 9.17) is 0 Å². The van der Waals surface area contributed by atoms with Crippen LogP contribution in [0.1, 0.15) is 36.4 Å². The van der Waals surface area contributed by atoms with E-state index < -0.39 is 12.0 Å². The van der Waals surface area contributed by atoms with Crippen molar-refractivity contribution in [2.45, 2.75) is 31.7 Å². The van der Waals surface area contributed by atoms with E-state index in [0.29, 0.717) is 0 Å². The van der Waals surface area contributed by atoms with Crippen molar-refractivity contribution in [3.63, 3.8) is 0 Å². The summed E-state index contributed by atoms with van der Waals surface area (Å²) in [5, 5.41) is 9.52. The molecule has 1 aromatic carbocycles. The van der Waals surface area contributed by atoms with Crippen molar-refractivity contribution >= 4 is 5.97 Å². The zero-order valence-electron chi connectivity index (χ0n) is 10.5. The van der Waals surface area contributed by atoms with Gasteiger partial charge < -0.3 is 5.11 Å². The molecule has 1 N–H and O–H groups in total. The lowest BCUT2D eigenvalue weighted by Gasteiger charge is -2.39. The first-order valence-corrected chi connectivity index (χ1v) is 6.80. The molecule has 0 bridgehead atoms. The molecule has 0 saturated heterocycles. The summed E-state index contributed by atoms with van der Waals surface area (Å²) in [5.41, 5.74) is 2.20. The largest absolute Gasteiger partial charge is 0.480 e. The molecule has 2 aliphatic rings. The average Bonchev–Trinajstić information content (AvgIpc) is 2.32. The second-order valence-electron chi connectivity index (χ2n) is 5.48. The van der Waals surface area contributed by atoms with Gasteiger partial charge in [0.25, 0.3) is 0 Å². The first-order valence-electron chi connectivity index (χ1n) is 6.80. The second kappa shape index (κ2) is 4.73. The summed E-state index contributed by atoms with van der Waals surface area (Å²) in [4.78, 5) is 13.7. The molecule has 96 valence electrons. The van der Waals surface area contributed by atoms with E-state index in [1.165, 1.54) is 24.8 Å². The van der Waals surface area contributed by atoms with Gasteiger partial charge in [0.1, 0.15) is 6.04 Å². The highest BCUT2D eigenvalue weighted by atomic mass is 16.4. The van der Waals surface area contributed by atoms with Crippen LogP contribution in [0.15, 0.2) is 24.3 Å². The average molecular weight is 245 g/mol. The predicted octanol–water partition coefficient (Wildman–Crippen LogP) is 2.47. The van der Waals surface area contributed by atoms with Crippen molar-refractivity contribution in [3.05, 3.63) is 35.4 Å². The first kappa shape index (κ1) is 11.7. The van der Waals surface area contributed by atoms with E-state index in [1.54, 1.807) is 0 Å². The molecule has 1 aliphatic heterocycles. The first-order chi connectivity index (χ1) is 8.75. The number of benzene rings is 1. The van der Waals surface area contributed by atoms with E-state index in [1.807, 2.05) is 18.2 Å². The molecular formula is C15H19NO2. The van der Waals surface area contributed by atoms with Gasteiger partial charge in [-0.25, -0.2) is 0 Å². The van der Waals surface area contributed by atoms with E-state index in [0.717, 1.165) is 31.0 Å². The lowest BCUT2D eigenvalue weighted by Crippen LogP contribution is -2.43. The van der Waals surface area contributed by atoms with E-state index in [-0.39, 0.29) is 0 Å². The Morgan fingerprint density at radius 1 is 1.33 bits per heavy atom. The Labute approximate surface area is 107 Å². The molecule has 0 spiro atoms. The monoisotopic (exact) mass is 245 g/mol. The number of carboxylic acid groups (broad SMARTS) is 1. The molecule has 1 atom stereocenters. The summed E-state index contributed by atoms with van der Waals surface area (Å²) in [6.45, 7) is 1.83. The minimum Gasteiger partial charge on any atom is -0.480 e. The van der Waals surface area contributed by atoms with Gasteiger partial charge in [0.15, 0.2) is 0 Å². The zero-order chi connectivity index (χ0) is 12.5. The Bertz CT molecular complexity index is 454. The summed E-state index contributed by atoms with van der Waals surface area (Å²) in [7, 11) is 0. The summed E-state index contributed by atoms with van der Waals surface area (Å²) in [6.07, 6.45) is 4.83. The fraction of sp³-hybridized carbons (Fsp3) is 0.533. The molecule has 18 heavy (non-hydrogen) atoms. The van der Waals surface area contributed by atoms with Gasteiger partial charge in [-0.3, -0.25) is 9.69 Å². The van der Waals surface area contributed by atoms with Crippen LogP contribution >= 0.6 is 0 Å². The molecule has 1 unspecified atom stereocenters. The number of nitrogens with zero attached hydrogens (tertiary/aromatic N) is 1. The topological polar surface area (TPSA) is 40.5 Å². The summed E-state index contributed by atoms with van der Waals surface area (Å²) in [5.74, 6) is 0.0126. The van der Waals surface area contributed by atoms with Crippen molar-refractivity contribution in [1.29, 1.82) is 0 Å². The molecule has 0 aromatic heterocycles. The van der Waals surface area contributed by atoms with Crippen LogP contribution in [0.4, 0.5) is 0 Å². The van der Waals surface area contributed by atoms with Gasteiger partial charge in [-0.05, 0) is 36.3 Å². The Morgan fingerprint density at radius 3 is 2.78 bits per heavy atom. The van der Waals surface area contributed by atoms with E-state index in [2.05, 4.69) is 11.0 Å². The number of carbonyl (C=O) groups is 1. The number of aliphatic carboxylic acids is 1. The molecular weight excluding hydrogens is 226 g/mol. The lowest BCUT2D eigenvalue weighted by molar-refractivity contribution is -0.144. The third-order valence-electron chi connectivity index (χ3n) is 4.33. The minimum absolute atomic E-state index is 0.435. The van der Waals surface area contributed by atoms with Crippen LogP contribution in [0, 0.1) is 5.92 Å². The van der Waals surface area contributed by atoms with Crippen molar-refractivity contribution in [2.75, 3.05) is 13.1 Å². The SMILES string of the molecule is O=C(O)C1c2ccccc2CCN1CC1CCC1. The molecule has 0 radical (unpaired) electrons. The van der Waals surface area contributed by atoms with Crippen LogP contribution < -0.4 is 0 Å². The van der Waals surface area contributed by atoms with Gasteiger partial charge in [0, 0.05) is 13.1 Å². The summed E-state index contributed by atoms with van der Waals surface area (Å²) in [6, 6.07) is 7.55. The molecule has 1 saturated carbocycles. The maximum absolute atomic E-state index is 11.6. The van der Waals surface area contributed by atoms with Crippen molar-refractivity contribution in [1.82, 2.24) is 4.90 Å². The third kappa shape index (κ3) is 2.03. The predicted molar refractivity (Wildman–Crippen MR) is 69.4 cm³/mol. The lowest BCUT2D eigenvalue weighted by atomic mass is 9.83. The van der Waals surface area contributed by atoms with Crippen molar-refractivity contribution in [2.24, 2.45) is 5.92 Å². The minimum atomic E-state index is -0.707. The summed E-state index contributed by atoms with van der Waals surface area (Å²) < 4.78 is 0. The molecule has 1 aromatic rings. The maximum atomic E-state index is 11.6. The number of rotatable bonds is 3. The molecule has 3 heteroatoms. The molecule has 3 nitrogen and oxygen atoms in total. The van der Waals surface area contributed by atoms with Crippen LogP contribution in [0.25, 0.3) is 0 Å². The quantitative estimate of drug-likeness (QED) is 0.889. The highest BCUT2D eigenvalue weighted by Crippen LogP contribution is 2.34. The van der Waals surface area contributed by atoms with Gasteiger partial charge in [-0.15, -0.1) is 0 Å². The van der Waals surface area contributed by atoms with Crippen LogP contribution in [0.2, 0.25) is 0 Å². The van der Waals surface area contributed by atoms with Crippen LogP contribution in [0.3, 0.4) is 0 Å². The van der Waals surface area contributed by atoms with Gasteiger partial charge in [-0.2, -0.15) is 0 Å². The maximum Gasteiger partial charge on any atom is 0.325 e. The standard InChI is InChI=1S/C15H19NO2/c17-15(18)14-13-7-2-1-6-12(13)8-9-16(14)10-11-4-3-5-11/h1-2,6-7,11,14H,3-5,8-10H2,(H,17,18). The Balaban J connectivity index is 1.85. The van der Waals surface area contributed by atoms with Gasteiger partial charge in [0.2, 0.25) is 0 Å². The fourth-order valence-corrected chi connectivity index (χ4v) is 3.11. The molecule has 0 amide bonds. The van der Waals surface area contributed by atoms with E-state index >= 15 is 0 Å². The Hall–Kier alpha value is -1.35. The number of carboxylic acids is 1. The third-order valence-corrected chi connectivity index (χ3v) is 4.33. The zero-order valence-corrected chi connectivity index (χ0v) is 10.5. The fourth-order valence-electron chi connectivity index (χ4n) is 3.11. The second-order valence-corrected chi connectivity index (χ2v) is 5.48. The van der Waals surface area contributed by atoms with Crippen molar-refractivity contribution < 1.29 is 9.90 Å². The normalized spacial score (nSPS) is 24.3. The molecule has 1 fully saturated rings. The number of hydrogen-bond donors (Lipinski definition) is 1.